The Kier molecular flexibility index (Phi) is 6.66. The minimum absolute atomic E-state index is 0.223. The fourth-order valence-electron chi connectivity index (χ4n) is 4.50. The molecule has 1 aromatic heterocycles. The average molecular weight is 460 g/mol. The van der Waals surface area contributed by atoms with Crippen LogP contribution in [0.4, 0.5) is 5.69 Å². The summed E-state index contributed by atoms with van der Waals surface area (Å²) in [7, 11) is -3.60. The number of hydrogen-bond acceptors (Lipinski definition) is 5. The number of anilines is 1. The molecule has 1 unspecified atom stereocenters. The van der Waals surface area contributed by atoms with E-state index in [0.717, 1.165) is 31.4 Å². The zero-order valence-corrected chi connectivity index (χ0v) is 19.1. The molecule has 0 spiro atoms. The van der Waals surface area contributed by atoms with Gasteiger partial charge >= 0.3 is 0 Å². The Morgan fingerprint density at radius 2 is 1.88 bits per heavy atom. The fraction of sp³-hybridized carbons (Fsp3) is 0.478. The second-order valence-corrected chi connectivity index (χ2v) is 10.3. The zero-order chi connectivity index (χ0) is 22.7. The summed E-state index contributed by atoms with van der Waals surface area (Å²) in [4.78, 5) is 26.9. The molecule has 8 nitrogen and oxygen atoms in total. The molecule has 4 rings (SSSR count). The van der Waals surface area contributed by atoms with Crippen LogP contribution in [0.15, 0.2) is 45.9 Å². The molecular formula is C23H29N3O5S. The highest BCUT2D eigenvalue weighted by molar-refractivity contribution is 7.89. The summed E-state index contributed by atoms with van der Waals surface area (Å²) in [6.07, 6.45) is 6.23. The summed E-state index contributed by atoms with van der Waals surface area (Å²) in [5, 5.41) is 2.87. The fourth-order valence-corrected chi connectivity index (χ4v) is 6.07. The first-order valence-electron chi connectivity index (χ1n) is 11.1. The van der Waals surface area contributed by atoms with Crippen molar-refractivity contribution in [2.45, 2.75) is 56.4 Å². The van der Waals surface area contributed by atoms with E-state index in [1.165, 1.54) is 11.8 Å². The molecule has 0 aliphatic carbocycles. The van der Waals surface area contributed by atoms with E-state index in [0.29, 0.717) is 37.3 Å². The van der Waals surface area contributed by atoms with Gasteiger partial charge in [0.1, 0.15) is 11.8 Å². The highest BCUT2D eigenvalue weighted by Crippen LogP contribution is 2.35. The van der Waals surface area contributed by atoms with Gasteiger partial charge in [-0.25, -0.2) is 8.42 Å². The Hall–Kier alpha value is -2.65. The van der Waals surface area contributed by atoms with E-state index >= 15 is 0 Å². The molecule has 0 bridgehead atoms. The molecule has 1 fully saturated rings. The summed E-state index contributed by atoms with van der Waals surface area (Å²) in [6, 6.07) is 7.76. The molecule has 2 aliphatic heterocycles. The first-order chi connectivity index (χ1) is 15.4. The number of rotatable bonds is 6. The van der Waals surface area contributed by atoms with Gasteiger partial charge in [-0.1, -0.05) is 12.8 Å². The van der Waals surface area contributed by atoms with Gasteiger partial charge in [-0.15, -0.1) is 0 Å². The second-order valence-electron chi connectivity index (χ2n) is 8.34. The van der Waals surface area contributed by atoms with Gasteiger partial charge in [0.15, 0.2) is 0 Å². The van der Waals surface area contributed by atoms with Crippen LogP contribution in [-0.2, 0) is 32.5 Å². The van der Waals surface area contributed by atoms with Gasteiger partial charge in [-0.05, 0) is 48.7 Å². The second kappa shape index (κ2) is 9.46. The van der Waals surface area contributed by atoms with Crippen LogP contribution in [0, 0.1) is 0 Å². The Morgan fingerprint density at radius 1 is 1.12 bits per heavy atom. The molecule has 2 amide bonds. The lowest BCUT2D eigenvalue weighted by Gasteiger charge is -2.23. The molecule has 1 saturated heterocycles. The predicted octanol–water partition coefficient (Wildman–Crippen LogP) is 2.48. The maximum Gasteiger partial charge on any atom is 0.243 e. The quantitative estimate of drug-likeness (QED) is 0.715. The molecule has 1 N–H and O–H groups in total. The van der Waals surface area contributed by atoms with Crippen LogP contribution < -0.4 is 10.2 Å². The number of fused-ring (bicyclic) bond motifs is 1. The van der Waals surface area contributed by atoms with Crippen molar-refractivity contribution in [1.29, 1.82) is 0 Å². The van der Waals surface area contributed by atoms with Gasteiger partial charge in [0.05, 0.1) is 11.2 Å². The minimum atomic E-state index is -3.60. The molecule has 9 heteroatoms. The van der Waals surface area contributed by atoms with E-state index in [-0.39, 0.29) is 23.1 Å². The first-order valence-corrected chi connectivity index (χ1v) is 12.5. The van der Waals surface area contributed by atoms with Crippen LogP contribution in [-0.4, -0.2) is 50.2 Å². The monoisotopic (exact) mass is 459 g/mol. The van der Waals surface area contributed by atoms with Gasteiger partial charge in [0.2, 0.25) is 21.8 Å². The van der Waals surface area contributed by atoms with Crippen molar-refractivity contribution in [2.24, 2.45) is 0 Å². The molecule has 1 aromatic carbocycles. The summed E-state index contributed by atoms with van der Waals surface area (Å²) in [5.74, 6) is 0.254. The summed E-state index contributed by atoms with van der Waals surface area (Å²) in [6.45, 7) is 2.86. The third kappa shape index (κ3) is 4.59. The number of sulfonamides is 1. The molecule has 172 valence electrons. The van der Waals surface area contributed by atoms with E-state index < -0.39 is 16.1 Å². The van der Waals surface area contributed by atoms with Crippen molar-refractivity contribution in [3.63, 3.8) is 0 Å². The third-order valence-electron chi connectivity index (χ3n) is 6.13. The number of amides is 2. The van der Waals surface area contributed by atoms with Crippen LogP contribution in [0.1, 0.15) is 43.9 Å². The lowest BCUT2D eigenvalue weighted by atomic mass is 10.1. The van der Waals surface area contributed by atoms with Crippen LogP contribution in [0.25, 0.3) is 0 Å². The average Bonchev–Trinajstić information content (AvgIpc) is 3.32. The van der Waals surface area contributed by atoms with Crippen LogP contribution in [0.3, 0.4) is 0 Å². The Morgan fingerprint density at radius 3 is 2.53 bits per heavy atom. The van der Waals surface area contributed by atoms with Gasteiger partial charge in [0.25, 0.3) is 0 Å². The smallest absolute Gasteiger partial charge is 0.243 e. The lowest BCUT2D eigenvalue weighted by molar-refractivity contribution is -0.125. The Labute approximate surface area is 188 Å². The molecule has 0 saturated carbocycles. The normalized spacial score (nSPS) is 19.4. The van der Waals surface area contributed by atoms with E-state index in [1.54, 1.807) is 34.8 Å². The maximum atomic E-state index is 13.2. The van der Waals surface area contributed by atoms with E-state index in [1.807, 2.05) is 6.07 Å². The number of hydrogen-bond donors (Lipinski definition) is 1. The van der Waals surface area contributed by atoms with Gasteiger partial charge in [-0.2, -0.15) is 4.31 Å². The molecule has 2 aliphatic rings. The molecule has 2 aromatic rings. The molecule has 3 heterocycles. The molecular weight excluding hydrogens is 430 g/mol. The van der Waals surface area contributed by atoms with Crippen molar-refractivity contribution >= 4 is 27.5 Å². The minimum Gasteiger partial charge on any atom is -0.469 e. The number of benzene rings is 1. The van der Waals surface area contributed by atoms with Gasteiger partial charge in [0, 0.05) is 45.1 Å². The number of nitrogens with one attached hydrogen (secondary N) is 1. The summed E-state index contributed by atoms with van der Waals surface area (Å²) >= 11 is 0. The van der Waals surface area contributed by atoms with Crippen LogP contribution in [0.5, 0.6) is 0 Å². The molecule has 32 heavy (non-hydrogen) atoms. The van der Waals surface area contributed by atoms with Crippen molar-refractivity contribution in [1.82, 2.24) is 9.62 Å². The third-order valence-corrected chi connectivity index (χ3v) is 8.03. The first kappa shape index (κ1) is 22.5. The van der Waals surface area contributed by atoms with E-state index in [9.17, 15) is 18.0 Å². The highest BCUT2D eigenvalue weighted by atomic mass is 32.2. The number of nitrogens with zero attached hydrogens (tertiary/aromatic N) is 2. The van der Waals surface area contributed by atoms with Crippen molar-refractivity contribution in [2.75, 3.05) is 24.5 Å². The molecule has 0 radical (unpaired) electrons. The van der Waals surface area contributed by atoms with Gasteiger partial charge in [-0.3, -0.25) is 14.5 Å². The SMILES string of the molecule is CC(=O)N1c2ccc(S(=O)(=O)N3CCCCCC3)cc2CC1C(=O)NCCc1ccco1. The van der Waals surface area contributed by atoms with Gasteiger partial charge < -0.3 is 9.73 Å². The van der Waals surface area contributed by atoms with Crippen LogP contribution >= 0.6 is 0 Å². The molecule has 1 atom stereocenters. The predicted molar refractivity (Wildman–Crippen MR) is 120 cm³/mol. The summed E-state index contributed by atoms with van der Waals surface area (Å²) in [5.41, 5.74) is 1.29. The number of carbonyl (C=O) groups excluding carboxylic acids is 2. The Balaban J connectivity index is 1.51. The highest BCUT2D eigenvalue weighted by Gasteiger charge is 2.38. The number of furan rings is 1. The van der Waals surface area contributed by atoms with Crippen molar-refractivity contribution in [3.8, 4) is 0 Å². The standard InChI is InChI=1S/C23H29N3O5S/c1-17(27)26-21-9-8-20(32(29,30)25-12-4-2-3-5-13-25)15-18(21)16-22(26)23(28)24-11-10-19-7-6-14-31-19/h6-9,14-15,22H,2-5,10-13,16H2,1H3,(H,24,28). The maximum absolute atomic E-state index is 13.2. The lowest BCUT2D eigenvalue weighted by Crippen LogP contribution is -2.47. The zero-order valence-electron chi connectivity index (χ0n) is 18.2. The van der Waals surface area contributed by atoms with Crippen molar-refractivity contribution in [3.05, 3.63) is 47.9 Å². The largest absolute Gasteiger partial charge is 0.469 e. The van der Waals surface area contributed by atoms with E-state index in [4.69, 9.17) is 4.42 Å². The van der Waals surface area contributed by atoms with E-state index in [2.05, 4.69) is 5.32 Å². The summed E-state index contributed by atoms with van der Waals surface area (Å²) < 4.78 is 33.2. The van der Waals surface area contributed by atoms with Crippen molar-refractivity contribution < 1.29 is 22.4 Å². The number of carbonyl (C=O) groups is 2. The van der Waals surface area contributed by atoms with Crippen LogP contribution in [0.2, 0.25) is 0 Å². The Bertz CT molecular complexity index is 1070. The topological polar surface area (TPSA) is 99.9 Å².